The minimum Gasteiger partial charge on any atom is -0.399 e. The number of hydrogen-bond acceptors (Lipinski definition) is 4. The summed E-state index contributed by atoms with van der Waals surface area (Å²) in [6, 6.07) is 8.47. The number of fused-ring (bicyclic) bond motifs is 1. The summed E-state index contributed by atoms with van der Waals surface area (Å²) in [5.41, 5.74) is 6.96. The average molecular weight is 283 g/mol. The molecule has 0 aliphatic carbocycles. The lowest BCUT2D eigenvalue weighted by Gasteiger charge is -2.08. The average Bonchev–Trinajstić information content (AvgIpc) is 2.91. The van der Waals surface area contributed by atoms with Crippen molar-refractivity contribution in [3.05, 3.63) is 59.3 Å². The van der Waals surface area contributed by atoms with Gasteiger partial charge < -0.3 is 15.6 Å². The molecule has 7 heteroatoms. The second kappa shape index (κ2) is 5.12. The fourth-order valence-corrected chi connectivity index (χ4v) is 2.06. The van der Waals surface area contributed by atoms with Gasteiger partial charge in [0.1, 0.15) is 12.1 Å². The van der Waals surface area contributed by atoms with E-state index in [9.17, 15) is 9.59 Å². The Hall–Kier alpha value is -3.09. The Morgan fingerprint density at radius 3 is 2.95 bits per heavy atom. The summed E-state index contributed by atoms with van der Waals surface area (Å²) in [5, 5.41) is 6.67. The molecule has 0 radical (unpaired) electrons. The van der Waals surface area contributed by atoms with Gasteiger partial charge in [0.15, 0.2) is 0 Å². The van der Waals surface area contributed by atoms with Gasteiger partial charge in [0, 0.05) is 23.8 Å². The smallest absolute Gasteiger partial charge is 0.277 e. The number of amides is 1. The molecular formula is C14H13N5O2. The summed E-state index contributed by atoms with van der Waals surface area (Å²) in [7, 11) is 0. The predicted molar refractivity (Wildman–Crippen MR) is 78.9 cm³/mol. The standard InChI is InChI=1S/C14H13N5O2/c15-10-2-1-3-11(8-10)17-13(20)9-18-6-7-19-12(14(18)21)4-5-16-19/h1-8H,9,15H2,(H,17,20). The molecule has 0 atom stereocenters. The van der Waals surface area contributed by atoms with Gasteiger partial charge in [-0.1, -0.05) is 6.07 Å². The van der Waals surface area contributed by atoms with Crippen molar-refractivity contribution in [2.24, 2.45) is 0 Å². The molecule has 0 saturated heterocycles. The van der Waals surface area contributed by atoms with E-state index in [4.69, 9.17) is 5.73 Å². The Balaban J connectivity index is 1.80. The van der Waals surface area contributed by atoms with Crippen molar-refractivity contribution in [2.45, 2.75) is 6.54 Å². The lowest BCUT2D eigenvalue weighted by Crippen LogP contribution is -2.28. The molecule has 0 unspecified atom stereocenters. The van der Waals surface area contributed by atoms with Gasteiger partial charge in [0.25, 0.3) is 5.56 Å². The fraction of sp³-hybridized carbons (Fsp3) is 0.0714. The number of anilines is 2. The Labute approximate surface area is 119 Å². The van der Waals surface area contributed by atoms with Crippen LogP contribution in [0.4, 0.5) is 11.4 Å². The van der Waals surface area contributed by atoms with E-state index < -0.39 is 0 Å². The van der Waals surface area contributed by atoms with Gasteiger partial charge in [0.05, 0.1) is 6.20 Å². The Kier molecular flexibility index (Phi) is 3.15. The van der Waals surface area contributed by atoms with Crippen molar-refractivity contribution in [1.29, 1.82) is 0 Å². The van der Waals surface area contributed by atoms with Crippen LogP contribution in [0.15, 0.2) is 53.7 Å². The third kappa shape index (κ3) is 2.62. The van der Waals surface area contributed by atoms with Crippen LogP contribution in [-0.4, -0.2) is 20.1 Å². The second-order valence-electron chi connectivity index (χ2n) is 4.57. The molecule has 0 fully saturated rings. The van der Waals surface area contributed by atoms with Crippen LogP contribution in [0.25, 0.3) is 5.52 Å². The Morgan fingerprint density at radius 1 is 1.29 bits per heavy atom. The van der Waals surface area contributed by atoms with Crippen molar-refractivity contribution in [3.8, 4) is 0 Å². The lowest BCUT2D eigenvalue weighted by molar-refractivity contribution is -0.116. The molecule has 3 aromatic rings. The Morgan fingerprint density at radius 2 is 2.14 bits per heavy atom. The molecule has 1 aromatic carbocycles. The van der Waals surface area contributed by atoms with Gasteiger partial charge in [-0.2, -0.15) is 5.10 Å². The van der Waals surface area contributed by atoms with Gasteiger partial charge in [-0.3, -0.25) is 9.59 Å². The molecule has 0 aliphatic heterocycles. The van der Waals surface area contributed by atoms with Crippen LogP contribution in [0.3, 0.4) is 0 Å². The quantitative estimate of drug-likeness (QED) is 0.692. The largest absolute Gasteiger partial charge is 0.399 e. The van der Waals surface area contributed by atoms with E-state index in [0.717, 1.165) is 0 Å². The monoisotopic (exact) mass is 283 g/mol. The van der Waals surface area contributed by atoms with Crippen LogP contribution in [0.1, 0.15) is 0 Å². The van der Waals surface area contributed by atoms with Gasteiger partial charge in [-0.15, -0.1) is 0 Å². The predicted octanol–water partition coefficient (Wildman–Crippen LogP) is 0.717. The minimum atomic E-state index is -0.299. The summed E-state index contributed by atoms with van der Waals surface area (Å²) >= 11 is 0. The zero-order chi connectivity index (χ0) is 14.8. The molecule has 21 heavy (non-hydrogen) atoms. The number of nitrogens with zero attached hydrogens (tertiary/aromatic N) is 3. The van der Waals surface area contributed by atoms with Gasteiger partial charge in [-0.25, -0.2) is 4.52 Å². The van der Waals surface area contributed by atoms with Gasteiger partial charge in [-0.05, 0) is 24.3 Å². The summed E-state index contributed by atoms with van der Waals surface area (Å²) < 4.78 is 2.80. The topological polar surface area (TPSA) is 94.4 Å². The Bertz CT molecular complexity index is 865. The fourth-order valence-electron chi connectivity index (χ4n) is 2.06. The third-order valence-corrected chi connectivity index (χ3v) is 3.02. The first-order valence-electron chi connectivity index (χ1n) is 6.32. The third-order valence-electron chi connectivity index (χ3n) is 3.02. The lowest BCUT2D eigenvalue weighted by atomic mass is 10.3. The molecule has 0 aliphatic rings. The van der Waals surface area contributed by atoms with Gasteiger partial charge >= 0.3 is 0 Å². The highest BCUT2D eigenvalue weighted by Gasteiger charge is 2.08. The van der Waals surface area contributed by atoms with Crippen molar-refractivity contribution in [2.75, 3.05) is 11.1 Å². The highest BCUT2D eigenvalue weighted by molar-refractivity contribution is 5.91. The number of rotatable bonds is 3. The molecule has 106 valence electrons. The number of carbonyl (C=O) groups is 1. The first kappa shape index (κ1) is 12.9. The number of carbonyl (C=O) groups excluding carboxylic acids is 1. The van der Waals surface area contributed by atoms with Crippen LogP contribution >= 0.6 is 0 Å². The zero-order valence-corrected chi connectivity index (χ0v) is 11.1. The van der Waals surface area contributed by atoms with E-state index in [2.05, 4.69) is 10.4 Å². The maximum atomic E-state index is 12.1. The second-order valence-corrected chi connectivity index (χ2v) is 4.57. The van der Waals surface area contributed by atoms with Crippen LogP contribution in [-0.2, 0) is 11.3 Å². The van der Waals surface area contributed by atoms with Crippen LogP contribution in [0.2, 0.25) is 0 Å². The van der Waals surface area contributed by atoms with Crippen molar-refractivity contribution < 1.29 is 4.79 Å². The van der Waals surface area contributed by atoms with Crippen LogP contribution in [0.5, 0.6) is 0 Å². The highest BCUT2D eigenvalue weighted by atomic mass is 16.2. The molecular weight excluding hydrogens is 270 g/mol. The number of nitrogens with two attached hydrogens (primary N) is 1. The summed E-state index contributed by atoms with van der Waals surface area (Å²) in [6.07, 6.45) is 4.69. The summed E-state index contributed by atoms with van der Waals surface area (Å²) in [4.78, 5) is 24.1. The molecule has 2 heterocycles. The first-order chi connectivity index (χ1) is 10.1. The molecule has 1 amide bonds. The van der Waals surface area contributed by atoms with Crippen LogP contribution < -0.4 is 16.6 Å². The molecule has 3 N–H and O–H groups in total. The van der Waals surface area contributed by atoms with E-state index >= 15 is 0 Å². The maximum absolute atomic E-state index is 12.1. The number of aromatic nitrogens is 3. The zero-order valence-electron chi connectivity index (χ0n) is 11.1. The minimum absolute atomic E-state index is 0.0741. The van der Waals surface area contributed by atoms with Gasteiger partial charge in [0.2, 0.25) is 5.91 Å². The summed E-state index contributed by atoms with van der Waals surface area (Å²) in [6.45, 7) is -0.0741. The van der Waals surface area contributed by atoms with E-state index in [1.807, 2.05) is 0 Å². The number of nitrogen functional groups attached to an aromatic ring is 1. The van der Waals surface area contributed by atoms with E-state index in [-0.39, 0.29) is 18.0 Å². The van der Waals surface area contributed by atoms with Crippen molar-refractivity contribution >= 4 is 22.8 Å². The normalized spacial score (nSPS) is 10.7. The maximum Gasteiger partial charge on any atom is 0.277 e. The van der Waals surface area contributed by atoms with E-state index in [1.54, 1.807) is 36.5 Å². The van der Waals surface area contributed by atoms with E-state index in [0.29, 0.717) is 16.9 Å². The van der Waals surface area contributed by atoms with Crippen molar-refractivity contribution in [1.82, 2.24) is 14.2 Å². The van der Waals surface area contributed by atoms with Crippen LogP contribution in [0, 0.1) is 0 Å². The number of nitrogens with one attached hydrogen (secondary N) is 1. The molecule has 2 aromatic heterocycles. The summed E-state index contributed by atoms with van der Waals surface area (Å²) in [5.74, 6) is -0.299. The van der Waals surface area contributed by atoms with E-state index in [1.165, 1.54) is 21.5 Å². The molecule has 0 bridgehead atoms. The molecule has 0 saturated carbocycles. The van der Waals surface area contributed by atoms with Crippen molar-refractivity contribution in [3.63, 3.8) is 0 Å². The number of benzene rings is 1. The first-order valence-corrected chi connectivity index (χ1v) is 6.32. The SMILES string of the molecule is Nc1cccc(NC(=O)Cn2ccn3nccc3c2=O)c1. The molecule has 7 nitrogen and oxygen atoms in total. The highest BCUT2D eigenvalue weighted by Crippen LogP contribution is 2.11. The molecule has 3 rings (SSSR count). The molecule has 0 spiro atoms. The number of hydrogen-bond donors (Lipinski definition) is 2.